The molecule has 0 radical (unpaired) electrons. The third-order valence-electron chi connectivity index (χ3n) is 2.95. The number of nitrogens with one attached hydrogen (secondary N) is 1. The Morgan fingerprint density at radius 2 is 2.32 bits per heavy atom. The van der Waals surface area contributed by atoms with Gasteiger partial charge in [0, 0.05) is 6.42 Å². The Hall–Kier alpha value is -2.56. The van der Waals surface area contributed by atoms with Crippen LogP contribution in [0.5, 0.6) is 0 Å². The molecule has 120 valence electrons. The number of unbranched alkanes of at least 4 members (excludes halogenated alkanes) is 1. The summed E-state index contributed by atoms with van der Waals surface area (Å²) in [7, 11) is 1.29. The maximum Gasteiger partial charge on any atom is 0.408 e. The van der Waals surface area contributed by atoms with Crippen LogP contribution in [-0.4, -0.2) is 35.6 Å². The summed E-state index contributed by atoms with van der Waals surface area (Å²) >= 11 is 0. The molecule has 0 saturated carbocycles. The number of methoxy groups -OCH3 is 1. The first kappa shape index (κ1) is 17.5. The fraction of sp³-hybridized carbons (Fsp3) is 0.571. The summed E-state index contributed by atoms with van der Waals surface area (Å²) in [5.74, 6) is -0.406. The van der Waals surface area contributed by atoms with Crippen molar-refractivity contribution in [3.63, 3.8) is 0 Å². The number of ether oxygens (including phenoxy) is 2. The molecule has 1 rings (SSSR count). The van der Waals surface area contributed by atoms with E-state index < -0.39 is 18.2 Å². The minimum Gasteiger partial charge on any atom is -0.469 e. The molecule has 0 aliphatic heterocycles. The summed E-state index contributed by atoms with van der Waals surface area (Å²) in [6.45, 7) is 2.31. The molecule has 1 heterocycles. The second kappa shape index (κ2) is 9.39. The number of aromatic nitrogens is 2. The van der Waals surface area contributed by atoms with Gasteiger partial charge in [0.05, 0.1) is 19.9 Å². The molecular formula is C14H20N4O4. The number of nitrogens with zero attached hydrogens (tertiary/aromatic N) is 3. The average molecular weight is 308 g/mol. The lowest BCUT2D eigenvalue weighted by Gasteiger charge is -2.19. The Morgan fingerprint density at radius 3 is 2.95 bits per heavy atom. The van der Waals surface area contributed by atoms with Crippen molar-refractivity contribution in [2.75, 3.05) is 13.7 Å². The fourth-order valence-corrected chi connectivity index (χ4v) is 1.75. The van der Waals surface area contributed by atoms with Gasteiger partial charge in [-0.1, -0.05) is 13.3 Å². The van der Waals surface area contributed by atoms with Crippen molar-refractivity contribution < 1.29 is 19.1 Å². The molecular weight excluding hydrogens is 288 g/mol. The van der Waals surface area contributed by atoms with E-state index >= 15 is 0 Å². The molecule has 1 unspecified atom stereocenters. The summed E-state index contributed by atoms with van der Waals surface area (Å²) in [6.07, 6.45) is 2.20. The van der Waals surface area contributed by atoms with E-state index in [0.717, 1.165) is 12.8 Å². The van der Waals surface area contributed by atoms with Crippen molar-refractivity contribution in [2.45, 2.75) is 38.8 Å². The van der Waals surface area contributed by atoms with E-state index in [1.54, 1.807) is 0 Å². The van der Waals surface area contributed by atoms with Crippen LogP contribution in [0.4, 0.5) is 4.79 Å². The topological polar surface area (TPSA) is 106 Å². The van der Waals surface area contributed by atoms with Gasteiger partial charge >= 0.3 is 12.1 Å². The number of hydrogen-bond acceptors (Lipinski definition) is 6. The number of carbonyl (C=O) groups is 2. The SMILES string of the molecule is CCCCOC(=O)NC(CCC(=O)OC)n1nccc1C#N. The number of hydrogen-bond donors (Lipinski definition) is 1. The van der Waals surface area contributed by atoms with E-state index in [1.807, 2.05) is 13.0 Å². The Labute approximate surface area is 129 Å². The first-order valence-electron chi connectivity index (χ1n) is 7.06. The van der Waals surface area contributed by atoms with E-state index in [0.29, 0.717) is 6.61 Å². The Bertz CT molecular complexity index is 535. The molecule has 0 bridgehead atoms. The van der Waals surface area contributed by atoms with Crippen molar-refractivity contribution >= 4 is 12.1 Å². The highest BCUT2D eigenvalue weighted by Crippen LogP contribution is 2.13. The van der Waals surface area contributed by atoms with Gasteiger partial charge in [-0.3, -0.25) is 10.1 Å². The second-order valence-electron chi connectivity index (χ2n) is 4.54. The number of esters is 1. The van der Waals surface area contributed by atoms with Gasteiger partial charge in [-0.05, 0) is 18.9 Å². The van der Waals surface area contributed by atoms with Crippen LogP contribution in [0, 0.1) is 11.3 Å². The van der Waals surface area contributed by atoms with E-state index in [4.69, 9.17) is 10.00 Å². The number of rotatable bonds is 8. The number of nitriles is 1. The van der Waals surface area contributed by atoms with Crippen molar-refractivity contribution in [2.24, 2.45) is 0 Å². The molecule has 0 spiro atoms. The molecule has 0 saturated heterocycles. The third kappa shape index (κ3) is 5.44. The molecule has 1 amide bonds. The molecule has 22 heavy (non-hydrogen) atoms. The number of amides is 1. The molecule has 0 fully saturated rings. The molecule has 8 nitrogen and oxygen atoms in total. The summed E-state index contributed by atoms with van der Waals surface area (Å²) in [5.41, 5.74) is 0.281. The summed E-state index contributed by atoms with van der Waals surface area (Å²) in [5, 5.41) is 15.7. The zero-order valence-corrected chi connectivity index (χ0v) is 12.7. The molecule has 0 aliphatic carbocycles. The number of alkyl carbamates (subject to hydrolysis) is 1. The van der Waals surface area contributed by atoms with Crippen LogP contribution < -0.4 is 5.32 Å². The van der Waals surface area contributed by atoms with Crippen molar-refractivity contribution in [3.05, 3.63) is 18.0 Å². The zero-order valence-electron chi connectivity index (χ0n) is 12.7. The van der Waals surface area contributed by atoms with Crippen LogP contribution in [0.3, 0.4) is 0 Å². The molecule has 0 aromatic carbocycles. The van der Waals surface area contributed by atoms with E-state index in [1.165, 1.54) is 24.1 Å². The van der Waals surface area contributed by atoms with Gasteiger partial charge in [0.1, 0.15) is 17.9 Å². The van der Waals surface area contributed by atoms with Gasteiger partial charge in [0.15, 0.2) is 0 Å². The van der Waals surface area contributed by atoms with Crippen molar-refractivity contribution in [1.82, 2.24) is 15.1 Å². The predicted molar refractivity (Wildman–Crippen MR) is 76.6 cm³/mol. The lowest BCUT2D eigenvalue weighted by molar-refractivity contribution is -0.141. The van der Waals surface area contributed by atoms with Crippen LogP contribution in [0.25, 0.3) is 0 Å². The molecule has 1 atom stereocenters. The van der Waals surface area contributed by atoms with Gasteiger partial charge in [-0.15, -0.1) is 0 Å². The molecule has 1 N–H and O–H groups in total. The monoisotopic (exact) mass is 308 g/mol. The van der Waals surface area contributed by atoms with Gasteiger partial charge in [0.2, 0.25) is 0 Å². The first-order valence-corrected chi connectivity index (χ1v) is 7.06. The van der Waals surface area contributed by atoms with E-state index in [-0.39, 0.29) is 18.5 Å². The van der Waals surface area contributed by atoms with Gasteiger partial charge in [-0.25, -0.2) is 9.48 Å². The normalized spacial score (nSPS) is 11.3. The molecule has 1 aromatic heterocycles. The van der Waals surface area contributed by atoms with E-state index in [2.05, 4.69) is 15.2 Å². The summed E-state index contributed by atoms with van der Waals surface area (Å²) < 4.78 is 11.0. The smallest absolute Gasteiger partial charge is 0.408 e. The fourth-order valence-electron chi connectivity index (χ4n) is 1.75. The van der Waals surface area contributed by atoms with Crippen molar-refractivity contribution in [3.8, 4) is 6.07 Å². The van der Waals surface area contributed by atoms with Crippen LogP contribution in [-0.2, 0) is 14.3 Å². The summed E-state index contributed by atoms with van der Waals surface area (Å²) in [6, 6.07) is 3.50. The third-order valence-corrected chi connectivity index (χ3v) is 2.95. The molecule has 0 aliphatic rings. The maximum absolute atomic E-state index is 11.8. The quantitative estimate of drug-likeness (QED) is 0.579. The van der Waals surface area contributed by atoms with Crippen LogP contribution in [0.15, 0.2) is 12.3 Å². The largest absolute Gasteiger partial charge is 0.469 e. The Kier molecular flexibility index (Phi) is 7.47. The average Bonchev–Trinajstić information content (AvgIpc) is 2.99. The Balaban J connectivity index is 2.72. The first-order chi connectivity index (χ1) is 10.6. The minimum atomic E-state index is -0.655. The van der Waals surface area contributed by atoms with Gasteiger partial charge in [0.25, 0.3) is 0 Å². The van der Waals surface area contributed by atoms with E-state index in [9.17, 15) is 9.59 Å². The zero-order chi connectivity index (χ0) is 16.4. The van der Waals surface area contributed by atoms with Crippen LogP contribution in [0.1, 0.15) is 44.5 Å². The lowest BCUT2D eigenvalue weighted by Crippen LogP contribution is -2.34. The highest BCUT2D eigenvalue weighted by molar-refractivity contribution is 5.69. The number of carbonyl (C=O) groups excluding carboxylic acids is 2. The summed E-state index contributed by atoms with van der Waals surface area (Å²) in [4.78, 5) is 23.0. The van der Waals surface area contributed by atoms with Crippen molar-refractivity contribution in [1.29, 1.82) is 5.26 Å². The lowest BCUT2D eigenvalue weighted by atomic mass is 10.2. The molecule has 1 aromatic rings. The van der Waals surface area contributed by atoms with Crippen LogP contribution >= 0.6 is 0 Å². The van der Waals surface area contributed by atoms with Gasteiger partial charge in [-0.2, -0.15) is 10.4 Å². The second-order valence-corrected chi connectivity index (χ2v) is 4.54. The predicted octanol–water partition coefficient (Wildman–Crippen LogP) is 1.73. The molecule has 8 heteroatoms. The highest BCUT2D eigenvalue weighted by atomic mass is 16.5. The van der Waals surface area contributed by atoms with Crippen LogP contribution in [0.2, 0.25) is 0 Å². The van der Waals surface area contributed by atoms with Gasteiger partial charge < -0.3 is 9.47 Å². The Morgan fingerprint density at radius 1 is 1.55 bits per heavy atom. The highest BCUT2D eigenvalue weighted by Gasteiger charge is 2.19. The maximum atomic E-state index is 11.8. The standard InChI is InChI=1S/C14H20N4O4/c1-3-4-9-22-14(20)17-12(5-6-13(19)21-2)18-11(10-15)7-8-16-18/h7-8,12H,3-6,9H2,1-2H3,(H,17,20). The minimum absolute atomic E-state index is 0.0845.